The zero-order valence-electron chi connectivity index (χ0n) is 17.8. The van der Waals surface area contributed by atoms with Crippen LogP contribution in [-0.4, -0.2) is 19.1 Å². The molecule has 0 saturated carbocycles. The summed E-state index contributed by atoms with van der Waals surface area (Å²) in [6.45, 7) is 0.156. The number of hydrogen-bond donors (Lipinski definition) is 0. The van der Waals surface area contributed by atoms with E-state index in [0.717, 1.165) is 24.7 Å². The molecule has 0 aromatic carbocycles. The first-order chi connectivity index (χ1) is 15.1. The molecule has 0 bridgehead atoms. The van der Waals surface area contributed by atoms with Gasteiger partial charge in [-0.3, -0.25) is 14.3 Å². The third kappa shape index (κ3) is 4.12. The number of hydrogen-bond acceptors (Lipinski definition) is 4. The number of fused-ring (bicyclic) bond motifs is 3. The molecule has 0 radical (unpaired) electrons. The number of ether oxygens (including phenoxy) is 1. The molecule has 4 aromatic heterocycles. The second kappa shape index (κ2) is 9.12. The molecule has 5 rings (SSSR count). The summed E-state index contributed by atoms with van der Waals surface area (Å²) in [6.07, 6.45) is 8.65. The van der Waals surface area contributed by atoms with Crippen molar-refractivity contribution in [3.8, 4) is 11.6 Å². The van der Waals surface area contributed by atoms with Crippen molar-refractivity contribution < 1.29 is 9.13 Å². The summed E-state index contributed by atoms with van der Waals surface area (Å²) in [5.74, 6) is 0.615. The Hall–Kier alpha value is -3.19. The van der Waals surface area contributed by atoms with Crippen molar-refractivity contribution in [3.05, 3.63) is 81.9 Å². The molecule has 32 heavy (non-hydrogen) atoms. The zero-order chi connectivity index (χ0) is 21.4. The third-order valence-corrected chi connectivity index (χ3v) is 5.91. The molecule has 0 amide bonds. The Labute approximate surface area is 191 Å². The highest BCUT2D eigenvalue weighted by molar-refractivity contribution is 5.85. The van der Waals surface area contributed by atoms with E-state index in [-0.39, 0.29) is 24.6 Å². The maximum Gasteiger partial charge on any atom is 0.259 e. The molecule has 0 saturated heterocycles. The van der Waals surface area contributed by atoms with Gasteiger partial charge in [0, 0.05) is 30.4 Å². The van der Waals surface area contributed by atoms with Gasteiger partial charge in [-0.05, 0) is 61.6 Å². The summed E-state index contributed by atoms with van der Waals surface area (Å²) in [5, 5.41) is 1.18. The Bertz CT molecular complexity index is 1310. The molecular weight excluding hydrogens is 431 g/mol. The van der Waals surface area contributed by atoms with Crippen molar-refractivity contribution in [2.45, 2.75) is 38.7 Å². The lowest BCUT2D eigenvalue weighted by atomic mass is 10.1. The van der Waals surface area contributed by atoms with Gasteiger partial charge >= 0.3 is 0 Å². The Morgan fingerprint density at radius 2 is 1.94 bits per heavy atom. The van der Waals surface area contributed by atoms with Gasteiger partial charge in [-0.1, -0.05) is 6.42 Å². The molecule has 4 aromatic rings. The topological polar surface area (TPSA) is 61.9 Å². The summed E-state index contributed by atoms with van der Waals surface area (Å²) in [4.78, 5) is 21.5. The molecular formula is C24H24ClFN4O2. The van der Waals surface area contributed by atoms with Crippen LogP contribution >= 0.6 is 12.4 Å². The Morgan fingerprint density at radius 3 is 2.72 bits per heavy atom. The molecule has 1 aliphatic carbocycles. The standard InChI is InChI=1S/C24H23FN4O2.ClH/c1-28-21-6-4-2-3-5-19(21)20-9-10-22(27-24(20)28)29-12-11-18(13-23(29)30)31-15-17-8-7-16(25)14-26-17;/h7-14H,2-6,15H2,1H3;1H. The molecule has 4 heterocycles. The predicted octanol–water partition coefficient (Wildman–Crippen LogP) is 4.53. The maximum absolute atomic E-state index is 13.0. The van der Waals surface area contributed by atoms with Crippen LogP contribution in [0.25, 0.3) is 16.9 Å². The molecule has 0 fully saturated rings. The van der Waals surface area contributed by atoms with E-state index in [9.17, 15) is 9.18 Å². The highest BCUT2D eigenvalue weighted by Crippen LogP contribution is 2.30. The van der Waals surface area contributed by atoms with Crippen molar-refractivity contribution in [2.75, 3.05) is 0 Å². The minimum atomic E-state index is -0.398. The SMILES string of the molecule is Cl.Cn1c2c(c3ccc(-n4ccc(OCc5ccc(F)cn5)cc4=O)nc31)CCCCC2. The first-order valence-corrected chi connectivity index (χ1v) is 10.5. The van der Waals surface area contributed by atoms with Crippen LogP contribution in [0.3, 0.4) is 0 Å². The summed E-state index contributed by atoms with van der Waals surface area (Å²) < 4.78 is 22.3. The van der Waals surface area contributed by atoms with Crippen LogP contribution in [0.2, 0.25) is 0 Å². The molecule has 0 N–H and O–H groups in total. The first kappa shape index (κ1) is 22.0. The molecule has 0 unspecified atom stereocenters. The van der Waals surface area contributed by atoms with Crippen molar-refractivity contribution in [3.63, 3.8) is 0 Å². The molecule has 166 valence electrons. The maximum atomic E-state index is 13.0. The molecule has 6 nitrogen and oxygen atoms in total. The van der Waals surface area contributed by atoms with E-state index < -0.39 is 5.82 Å². The van der Waals surface area contributed by atoms with E-state index in [1.165, 1.54) is 52.6 Å². The number of nitrogens with zero attached hydrogens (tertiary/aromatic N) is 4. The summed E-state index contributed by atoms with van der Waals surface area (Å²) in [6, 6.07) is 10.0. The Kier molecular flexibility index (Phi) is 6.28. The highest BCUT2D eigenvalue weighted by atomic mass is 35.5. The zero-order valence-corrected chi connectivity index (χ0v) is 18.6. The first-order valence-electron chi connectivity index (χ1n) is 10.5. The molecule has 0 spiro atoms. The largest absolute Gasteiger partial charge is 0.487 e. The van der Waals surface area contributed by atoms with Crippen molar-refractivity contribution in [2.24, 2.45) is 7.05 Å². The van der Waals surface area contributed by atoms with Gasteiger partial charge in [0.2, 0.25) is 0 Å². The van der Waals surface area contributed by atoms with Crippen molar-refractivity contribution >= 4 is 23.4 Å². The fourth-order valence-electron chi connectivity index (χ4n) is 4.31. The van der Waals surface area contributed by atoms with Gasteiger partial charge in [0.1, 0.15) is 29.6 Å². The fraction of sp³-hybridized carbons (Fsp3) is 0.292. The van der Waals surface area contributed by atoms with Crippen molar-refractivity contribution in [1.82, 2.24) is 19.1 Å². The Morgan fingerprint density at radius 1 is 1.09 bits per heavy atom. The number of aromatic nitrogens is 4. The molecule has 0 atom stereocenters. The third-order valence-electron chi connectivity index (χ3n) is 5.91. The average molecular weight is 455 g/mol. The number of rotatable bonds is 4. The van der Waals surface area contributed by atoms with E-state index in [1.54, 1.807) is 18.3 Å². The normalized spacial score (nSPS) is 13.3. The molecule has 0 aliphatic heterocycles. The van der Waals surface area contributed by atoms with Gasteiger partial charge in [-0.2, -0.15) is 0 Å². The minimum absolute atomic E-state index is 0. The van der Waals surface area contributed by atoms with E-state index in [2.05, 4.69) is 22.7 Å². The minimum Gasteiger partial charge on any atom is -0.487 e. The molecule has 1 aliphatic rings. The lowest BCUT2D eigenvalue weighted by Gasteiger charge is -2.09. The van der Waals surface area contributed by atoms with E-state index in [0.29, 0.717) is 17.3 Å². The lowest BCUT2D eigenvalue weighted by molar-refractivity contribution is 0.300. The summed E-state index contributed by atoms with van der Waals surface area (Å²) in [5.41, 5.74) is 4.04. The lowest BCUT2D eigenvalue weighted by Crippen LogP contribution is -2.18. The van der Waals surface area contributed by atoms with Gasteiger partial charge in [-0.15, -0.1) is 12.4 Å². The van der Waals surface area contributed by atoms with E-state index in [4.69, 9.17) is 9.72 Å². The van der Waals surface area contributed by atoms with Crippen LogP contribution in [0.4, 0.5) is 4.39 Å². The number of pyridine rings is 3. The Balaban J connectivity index is 0.00000245. The molecule has 8 heteroatoms. The van der Waals surface area contributed by atoms with Gasteiger partial charge in [0.15, 0.2) is 0 Å². The highest BCUT2D eigenvalue weighted by Gasteiger charge is 2.18. The number of aryl methyl sites for hydroxylation is 2. The van der Waals surface area contributed by atoms with Crippen LogP contribution in [0, 0.1) is 5.82 Å². The number of halogens is 2. The van der Waals surface area contributed by atoms with Gasteiger partial charge in [-0.25, -0.2) is 9.37 Å². The van der Waals surface area contributed by atoms with Crippen molar-refractivity contribution in [1.29, 1.82) is 0 Å². The smallest absolute Gasteiger partial charge is 0.259 e. The van der Waals surface area contributed by atoms with Crippen LogP contribution in [0.1, 0.15) is 36.2 Å². The second-order valence-electron chi connectivity index (χ2n) is 7.91. The van der Waals surface area contributed by atoms with Crippen LogP contribution in [0.15, 0.2) is 53.6 Å². The monoisotopic (exact) mass is 454 g/mol. The summed E-state index contributed by atoms with van der Waals surface area (Å²) >= 11 is 0. The van der Waals surface area contributed by atoms with E-state index in [1.807, 2.05) is 6.07 Å². The van der Waals surface area contributed by atoms with Gasteiger partial charge in [0.25, 0.3) is 5.56 Å². The van der Waals surface area contributed by atoms with Crippen LogP contribution < -0.4 is 10.3 Å². The second-order valence-corrected chi connectivity index (χ2v) is 7.91. The fourth-order valence-corrected chi connectivity index (χ4v) is 4.31. The van der Waals surface area contributed by atoms with Crippen LogP contribution in [-0.2, 0) is 26.5 Å². The quantitative estimate of drug-likeness (QED) is 0.425. The van der Waals surface area contributed by atoms with E-state index >= 15 is 0 Å². The van der Waals surface area contributed by atoms with Crippen LogP contribution in [0.5, 0.6) is 5.75 Å². The van der Waals surface area contributed by atoms with Gasteiger partial charge in [0.05, 0.1) is 11.9 Å². The average Bonchev–Trinajstić information content (AvgIpc) is 2.93. The predicted molar refractivity (Wildman–Crippen MR) is 123 cm³/mol. The van der Waals surface area contributed by atoms with Gasteiger partial charge < -0.3 is 9.30 Å². The summed E-state index contributed by atoms with van der Waals surface area (Å²) in [7, 11) is 2.06.